The van der Waals surface area contributed by atoms with Crippen molar-refractivity contribution in [2.75, 3.05) is 0 Å². The van der Waals surface area contributed by atoms with Crippen molar-refractivity contribution in [1.29, 1.82) is 0 Å². The highest BCUT2D eigenvalue weighted by molar-refractivity contribution is 5.83. The van der Waals surface area contributed by atoms with Gasteiger partial charge in [0.1, 0.15) is 0 Å². The van der Waals surface area contributed by atoms with Gasteiger partial charge in [-0.15, -0.1) is 0 Å². The van der Waals surface area contributed by atoms with E-state index in [9.17, 15) is 0 Å². The van der Waals surface area contributed by atoms with E-state index in [0.717, 1.165) is 19.3 Å². The quantitative estimate of drug-likeness (QED) is 0.799. The van der Waals surface area contributed by atoms with Gasteiger partial charge in [-0.2, -0.15) is 4.98 Å². The highest BCUT2D eigenvalue weighted by Gasteiger charge is 2.39. The molecule has 1 fully saturated rings. The molecule has 4 rings (SSSR count). The summed E-state index contributed by atoms with van der Waals surface area (Å²) in [5, 5.41) is 6.57. The SMILES string of the molecule is CC(c1ccc2ccccc2c1)c1nc(C2(N)CCC2)no1. The van der Waals surface area contributed by atoms with Gasteiger partial charge in [-0.25, -0.2) is 0 Å². The molecule has 1 aliphatic rings. The fourth-order valence-electron chi connectivity index (χ4n) is 3.01. The van der Waals surface area contributed by atoms with Gasteiger partial charge >= 0.3 is 0 Å². The molecule has 0 radical (unpaired) electrons. The Balaban J connectivity index is 1.66. The summed E-state index contributed by atoms with van der Waals surface area (Å²) in [6, 6.07) is 14.8. The maximum atomic E-state index is 6.27. The Morgan fingerprint density at radius 2 is 1.91 bits per heavy atom. The van der Waals surface area contributed by atoms with Crippen molar-refractivity contribution in [2.45, 2.75) is 37.6 Å². The molecule has 0 spiro atoms. The van der Waals surface area contributed by atoms with Crippen LogP contribution >= 0.6 is 0 Å². The number of benzene rings is 2. The molecule has 1 unspecified atom stereocenters. The maximum absolute atomic E-state index is 6.27. The van der Waals surface area contributed by atoms with Gasteiger partial charge in [0.2, 0.25) is 5.89 Å². The number of rotatable bonds is 3. The standard InChI is InChI=1S/C18H19N3O/c1-12(14-8-7-13-5-2-3-6-15(13)11-14)16-20-17(21-22-16)18(19)9-4-10-18/h2-3,5-8,11-12H,4,9-10,19H2,1H3. The van der Waals surface area contributed by atoms with E-state index in [2.05, 4.69) is 59.5 Å². The van der Waals surface area contributed by atoms with Crippen molar-refractivity contribution in [1.82, 2.24) is 10.1 Å². The molecule has 1 aromatic heterocycles. The van der Waals surface area contributed by atoms with Crippen molar-refractivity contribution >= 4 is 10.8 Å². The summed E-state index contributed by atoms with van der Waals surface area (Å²) < 4.78 is 5.47. The molecule has 1 atom stereocenters. The van der Waals surface area contributed by atoms with Crippen LogP contribution in [0.5, 0.6) is 0 Å². The number of nitrogens with zero attached hydrogens (tertiary/aromatic N) is 2. The number of hydrogen-bond acceptors (Lipinski definition) is 4. The Kier molecular flexibility index (Phi) is 3.01. The van der Waals surface area contributed by atoms with Gasteiger partial charge in [0.05, 0.1) is 11.5 Å². The molecule has 4 nitrogen and oxygen atoms in total. The third-order valence-electron chi connectivity index (χ3n) is 4.78. The average molecular weight is 293 g/mol. The van der Waals surface area contributed by atoms with Crippen LogP contribution in [0.1, 0.15) is 49.4 Å². The van der Waals surface area contributed by atoms with Gasteiger partial charge < -0.3 is 10.3 Å². The second kappa shape index (κ2) is 4.92. The summed E-state index contributed by atoms with van der Waals surface area (Å²) in [4.78, 5) is 4.56. The summed E-state index contributed by atoms with van der Waals surface area (Å²) in [5.74, 6) is 1.36. The van der Waals surface area contributed by atoms with Crippen LogP contribution in [0.3, 0.4) is 0 Å². The summed E-state index contributed by atoms with van der Waals surface area (Å²) in [6.45, 7) is 2.09. The van der Waals surface area contributed by atoms with Gasteiger partial charge in [0, 0.05) is 0 Å². The third-order valence-corrected chi connectivity index (χ3v) is 4.78. The minimum atomic E-state index is -0.370. The lowest BCUT2D eigenvalue weighted by Gasteiger charge is -2.34. The molecule has 0 amide bonds. The topological polar surface area (TPSA) is 64.9 Å². The zero-order valence-corrected chi connectivity index (χ0v) is 12.6. The summed E-state index contributed by atoms with van der Waals surface area (Å²) >= 11 is 0. The number of fused-ring (bicyclic) bond motifs is 1. The molecule has 2 N–H and O–H groups in total. The van der Waals surface area contributed by atoms with Gasteiger partial charge in [-0.05, 0) is 42.5 Å². The minimum Gasteiger partial charge on any atom is -0.339 e. The fourth-order valence-corrected chi connectivity index (χ4v) is 3.01. The van der Waals surface area contributed by atoms with E-state index in [0.29, 0.717) is 11.7 Å². The lowest BCUT2D eigenvalue weighted by molar-refractivity contribution is 0.228. The van der Waals surface area contributed by atoms with Gasteiger partial charge in [0.15, 0.2) is 5.82 Å². The zero-order chi connectivity index (χ0) is 15.2. The van der Waals surface area contributed by atoms with Crippen molar-refractivity contribution in [3.63, 3.8) is 0 Å². The number of nitrogens with two attached hydrogens (primary N) is 1. The van der Waals surface area contributed by atoms with E-state index in [4.69, 9.17) is 10.3 Å². The normalized spacial score (nSPS) is 18.1. The molecular formula is C18H19N3O. The van der Waals surface area contributed by atoms with E-state index >= 15 is 0 Å². The average Bonchev–Trinajstić information content (AvgIpc) is 3.01. The second-order valence-electron chi connectivity index (χ2n) is 6.29. The highest BCUT2D eigenvalue weighted by atomic mass is 16.5. The summed E-state index contributed by atoms with van der Waals surface area (Å²) in [6.07, 6.45) is 3.02. The molecule has 1 saturated carbocycles. The number of hydrogen-bond donors (Lipinski definition) is 1. The fraction of sp³-hybridized carbons (Fsp3) is 0.333. The first-order valence-corrected chi connectivity index (χ1v) is 7.77. The van der Waals surface area contributed by atoms with E-state index in [-0.39, 0.29) is 11.5 Å². The molecule has 0 saturated heterocycles. The summed E-state index contributed by atoms with van der Waals surface area (Å²) in [7, 11) is 0. The molecule has 0 aliphatic heterocycles. The predicted molar refractivity (Wildman–Crippen MR) is 85.5 cm³/mol. The lowest BCUT2D eigenvalue weighted by Crippen LogP contribution is -2.44. The van der Waals surface area contributed by atoms with Crippen LogP contribution in [0.4, 0.5) is 0 Å². The zero-order valence-electron chi connectivity index (χ0n) is 12.6. The van der Waals surface area contributed by atoms with Gasteiger partial charge in [-0.1, -0.05) is 47.6 Å². The van der Waals surface area contributed by atoms with Crippen LogP contribution in [0.15, 0.2) is 47.0 Å². The van der Waals surface area contributed by atoms with Crippen LogP contribution in [-0.2, 0) is 5.54 Å². The van der Waals surface area contributed by atoms with Crippen LogP contribution in [0.2, 0.25) is 0 Å². The van der Waals surface area contributed by atoms with Gasteiger partial charge in [-0.3, -0.25) is 0 Å². The molecular weight excluding hydrogens is 274 g/mol. The first-order valence-electron chi connectivity index (χ1n) is 7.77. The van der Waals surface area contributed by atoms with E-state index in [1.54, 1.807) is 0 Å². The van der Waals surface area contributed by atoms with E-state index < -0.39 is 0 Å². The first kappa shape index (κ1) is 13.5. The predicted octanol–water partition coefficient (Wildman–Crippen LogP) is 3.71. The van der Waals surface area contributed by atoms with Crippen molar-refractivity contribution in [3.05, 3.63) is 59.7 Å². The Morgan fingerprint density at radius 1 is 1.14 bits per heavy atom. The maximum Gasteiger partial charge on any atom is 0.233 e. The molecule has 1 aliphatic carbocycles. The van der Waals surface area contributed by atoms with E-state index in [1.807, 2.05) is 0 Å². The van der Waals surface area contributed by atoms with Crippen LogP contribution in [-0.4, -0.2) is 10.1 Å². The monoisotopic (exact) mass is 293 g/mol. The molecule has 0 bridgehead atoms. The minimum absolute atomic E-state index is 0.0644. The molecule has 2 aromatic carbocycles. The molecule has 22 heavy (non-hydrogen) atoms. The Labute approximate surface area is 129 Å². The smallest absolute Gasteiger partial charge is 0.233 e. The first-order chi connectivity index (χ1) is 10.7. The van der Waals surface area contributed by atoms with Crippen molar-refractivity contribution < 1.29 is 4.52 Å². The van der Waals surface area contributed by atoms with Crippen molar-refractivity contribution in [2.24, 2.45) is 5.73 Å². The largest absolute Gasteiger partial charge is 0.339 e. The Morgan fingerprint density at radius 3 is 2.64 bits per heavy atom. The van der Waals surface area contributed by atoms with E-state index in [1.165, 1.54) is 16.3 Å². The second-order valence-corrected chi connectivity index (χ2v) is 6.29. The molecule has 3 aromatic rings. The Hall–Kier alpha value is -2.20. The highest BCUT2D eigenvalue weighted by Crippen LogP contribution is 2.37. The summed E-state index contributed by atoms with van der Waals surface area (Å²) in [5.41, 5.74) is 7.07. The molecule has 1 heterocycles. The van der Waals surface area contributed by atoms with Crippen LogP contribution in [0, 0.1) is 0 Å². The molecule has 4 heteroatoms. The van der Waals surface area contributed by atoms with Gasteiger partial charge in [0.25, 0.3) is 0 Å². The molecule has 112 valence electrons. The lowest BCUT2D eigenvalue weighted by atomic mass is 9.77. The van der Waals surface area contributed by atoms with Crippen LogP contribution < -0.4 is 5.73 Å². The third kappa shape index (κ3) is 2.11. The van der Waals surface area contributed by atoms with Crippen molar-refractivity contribution in [3.8, 4) is 0 Å². The van der Waals surface area contributed by atoms with Crippen LogP contribution in [0.25, 0.3) is 10.8 Å². The number of aromatic nitrogens is 2. The Bertz CT molecular complexity index is 820.